The summed E-state index contributed by atoms with van der Waals surface area (Å²) in [6.07, 6.45) is -0.843. The second-order valence-electron chi connectivity index (χ2n) is 6.38. The van der Waals surface area contributed by atoms with E-state index in [1.54, 1.807) is 45.0 Å². The molecule has 1 amide bonds. The zero-order chi connectivity index (χ0) is 19.5. The largest absolute Gasteiger partial charge is 0.444 e. The van der Waals surface area contributed by atoms with E-state index < -0.39 is 32.4 Å². The molecule has 0 aliphatic carbocycles. The van der Waals surface area contributed by atoms with Crippen molar-refractivity contribution >= 4 is 43.4 Å². The molecular weight excluding hydrogens is 427 g/mol. The fraction of sp³-hybridized carbons (Fsp3) is 0.235. The Kier molecular flexibility index (Phi) is 5.92. The van der Waals surface area contributed by atoms with Crippen LogP contribution < -0.4 is 10.0 Å². The molecular formula is C17H18BrFN2O4S. The fourth-order valence-corrected chi connectivity index (χ4v) is 3.46. The summed E-state index contributed by atoms with van der Waals surface area (Å²) < 4.78 is 47.2. The number of hydrogen-bond donors (Lipinski definition) is 2. The molecule has 0 aromatic heterocycles. The lowest BCUT2D eigenvalue weighted by Gasteiger charge is -2.20. The number of hydrogen-bond acceptors (Lipinski definition) is 4. The van der Waals surface area contributed by atoms with Crippen LogP contribution in [0.25, 0.3) is 0 Å². The van der Waals surface area contributed by atoms with Gasteiger partial charge in [0.15, 0.2) is 0 Å². The molecule has 0 saturated carbocycles. The van der Waals surface area contributed by atoms with Crippen molar-refractivity contribution in [2.45, 2.75) is 31.3 Å². The summed E-state index contributed by atoms with van der Waals surface area (Å²) in [4.78, 5) is 11.5. The number of halogens is 2. The van der Waals surface area contributed by atoms with Crippen molar-refractivity contribution in [1.29, 1.82) is 0 Å². The molecule has 2 aromatic rings. The van der Waals surface area contributed by atoms with Gasteiger partial charge in [-0.3, -0.25) is 10.0 Å². The maximum Gasteiger partial charge on any atom is 0.412 e. The molecule has 0 aliphatic heterocycles. The van der Waals surface area contributed by atoms with E-state index in [2.05, 4.69) is 26.0 Å². The van der Waals surface area contributed by atoms with Crippen LogP contribution in [0.5, 0.6) is 0 Å². The van der Waals surface area contributed by atoms with Crippen molar-refractivity contribution in [1.82, 2.24) is 0 Å². The highest BCUT2D eigenvalue weighted by Crippen LogP contribution is 2.26. The van der Waals surface area contributed by atoms with Crippen LogP contribution in [0, 0.1) is 5.82 Å². The third kappa shape index (κ3) is 5.70. The van der Waals surface area contributed by atoms with Crippen LogP contribution in [0.3, 0.4) is 0 Å². The minimum absolute atomic E-state index is 0.0924. The minimum atomic E-state index is -4.14. The van der Waals surface area contributed by atoms with Crippen molar-refractivity contribution in [3.63, 3.8) is 0 Å². The molecule has 2 N–H and O–H groups in total. The van der Waals surface area contributed by atoms with E-state index >= 15 is 0 Å². The summed E-state index contributed by atoms with van der Waals surface area (Å²) in [7, 11) is -4.14. The average molecular weight is 445 g/mol. The predicted octanol–water partition coefficient (Wildman–Crippen LogP) is 4.74. The molecule has 0 atom stereocenters. The van der Waals surface area contributed by atoms with Gasteiger partial charge >= 0.3 is 6.09 Å². The zero-order valence-electron chi connectivity index (χ0n) is 14.3. The normalized spacial score (nSPS) is 11.7. The van der Waals surface area contributed by atoms with Gasteiger partial charge in [0.2, 0.25) is 0 Å². The van der Waals surface area contributed by atoms with Gasteiger partial charge in [0.05, 0.1) is 5.69 Å². The number of anilines is 2. The Hall–Kier alpha value is -2.13. The molecule has 2 rings (SSSR count). The fourth-order valence-electron chi connectivity index (χ4n) is 1.96. The van der Waals surface area contributed by atoms with Gasteiger partial charge in [0, 0.05) is 10.2 Å². The molecule has 0 spiro atoms. The number of rotatable bonds is 4. The SMILES string of the molecule is CC(C)(C)OC(=O)Nc1ccc(F)cc1S(=O)(=O)Nc1ccc(Br)cc1. The van der Waals surface area contributed by atoms with Gasteiger partial charge in [0.25, 0.3) is 10.0 Å². The molecule has 0 radical (unpaired) electrons. The molecule has 26 heavy (non-hydrogen) atoms. The topological polar surface area (TPSA) is 84.5 Å². The first-order chi connectivity index (χ1) is 12.0. The Morgan fingerprint density at radius 1 is 1.12 bits per heavy atom. The van der Waals surface area contributed by atoms with Gasteiger partial charge in [0.1, 0.15) is 16.3 Å². The van der Waals surface area contributed by atoms with Crippen LogP contribution in [0.4, 0.5) is 20.6 Å². The summed E-state index contributed by atoms with van der Waals surface area (Å²) >= 11 is 3.25. The zero-order valence-corrected chi connectivity index (χ0v) is 16.7. The maximum atomic E-state index is 13.6. The van der Waals surface area contributed by atoms with E-state index in [0.29, 0.717) is 5.69 Å². The lowest BCUT2D eigenvalue weighted by atomic mass is 10.2. The highest BCUT2D eigenvalue weighted by Gasteiger charge is 2.23. The summed E-state index contributed by atoms with van der Waals surface area (Å²) in [5.74, 6) is -0.754. The number of carbonyl (C=O) groups is 1. The van der Waals surface area contributed by atoms with E-state index in [-0.39, 0.29) is 5.69 Å². The number of nitrogens with one attached hydrogen (secondary N) is 2. The molecule has 0 fully saturated rings. The van der Waals surface area contributed by atoms with E-state index in [9.17, 15) is 17.6 Å². The first kappa shape index (κ1) is 20.2. The second-order valence-corrected chi connectivity index (χ2v) is 8.95. The average Bonchev–Trinajstić information content (AvgIpc) is 2.49. The third-order valence-corrected chi connectivity index (χ3v) is 4.92. The van der Waals surface area contributed by atoms with Crippen LogP contribution in [0.2, 0.25) is 0 Å². The van der Waals surface area contributed by atoms with Gasteiger partial charge in [-0.2, -0.15) is 0 Å². The Balaban J connectivity index is 2.33. The quantitative estimate of drug-likeness (QED) is 0.713. The van der Waals surface area contributed by atoms with Crippen LogP contribution in [-0.4, -0.2) is 20.1 Å². The lowest BCUT2D eigenvalue weighted by Crippen LogP contribution is -2.28. The smallest absolute Gasteiger partial charge is 0.412 e. The van der Waals surface area contributed by atoms with Crippen LogP contribution in [0.1, 0.15) is 20.8 Å². The van der Waals surface area contributed by atoms with Crippen LogP contribution in [-0.2, 0) is 14.8 Å². The highest BCUT2D eigenvalue weighted by atomic mass is 79.9. The summed E-state index contributed by atoms with van der Waals surface area (Å²) in [6, 6.07) is 9.44. The monoisotopic (exact) mass is 444 g/mol. The first-order valence-corrected chi connectivity index (χ1v) is 9.82. The van der Waals surface area contributed by atoms with Crippen molar-refractivity contribution in [2.75, 3.05) is 10.0 Å². The lowest BCUT2D eigenvalue weighted by molar-refractivity contribution is 0.0635. The summed E-state index contributed by atoms with van der Waals surface area (Å²) in [5.41, 5.74) is -0.565. The Labute approximate surface area is 159 Å². The maximum absolute atomic E-state index is 13.6. The number of sulfonamides is 1. The Morgan fingerprint density at radius 3 is 2.31 bits per heavy atom. The number of carbonyl (C=O) groups excluding carboxylic acids is 1. The number of benzene rings is 2. The molecule has 0 saturated heterocycles. The van der Waals surface area contributed by atoms with E-state index in [1.165, 1.54) is 0 Å². The van der Waals surface area contributed by atoms with E-state index in [4.69, 9.17) is 4.74 Å². The first-order valence-electron chi connectivity index (χ1n) is 7.54. The molecule has 0 heterocycles. The van der Waals surface area contributed by atoms with Crippen molar-refractivity contribution in [2.24, 2.45) is 0 Å². The standard InChI is InChI=1S/C17H18BrFN2O4S/c1-17(2,3)25-16(22)20-14-9-6-12(19)10-15(14)26(23,24)21-13-7-4-11(18)5-8-13/h4-10,21H,1-3H3,(H,20,22). The second kappa shape index (κ2) is 7.63. The third-order valence-electron chi connectivity index (χ3n) is 2.97. The molecule has 2 aromatic carbocycles. The van der Waals surface area contributed by atoms with Crippen LogP contribution in [0.15, 0.2) is 51.8 Å². The number of amides is 1. The minimum Gasteiger partial charge on any atom is -0.444 e. The molecule has 0 unspecified atom stereocenters. The summed E-state index contributed by atoms with van der Waals surface area (Å²) in [5, 5.41) is 2.34. The highest BCUT2D eigenvalue weighted by molar-refractivity contribution is 9.10. The Morgan fingerprint density at radius 2 is 1.73 bits per heavy atom. The van der Waals surface area contributed by atoms with Crippen molar-refractivity contribution in [3.05, 3.63) is 52.8 Å². The molecule has 0 bridgehead atoms. The van der Waals surface area contributed by atoms with Gasteiger partial charge in [-0.25, -0.2) is 17.6 Å². The van der Waals surface area contributed by atoms with Gasteiger partial charge < -0.3 is 4.74 Å². The van der Waals surface area contributed by atoms with Gasteiger partial charge in [-0.15, -0.1) is 0 Å². The molecule has 6 nitrogen and oxygen atoms in total. The van der Waals surface area contributed by atoms with Gasteiger partial charge in [-0.1, -0.05) is 15.9 Å². The number of ether oxygens (including phenoxy) is 1. The molecule has 140 valence electrons. The molecule has 9 heteroatoms. The molecule has 0 aliphatic rings. The summed E-state index contributed by atoms with van der Waals surface area (Å²) in [6.45, 7) is 5.01. The predicted molar refractivity (Wildman–Crippen MR) is 101 cm³/mol. The van der Waals surface area contributed by atoms with Crippen molar-refractivity contribution < 1.29 is 22.3 Å². The van der Waals surface area contributed by atoms with E-state index in [1.807, 2.05) is 0 Å². The van der Waals surface area contributed by atoms with E-state index in [0.717, 1.165) is 22.7 Å². The Bertz CT molecular complexity index is 909. The van der Waals surface area contributed by atoms with Crippen molar-refractivity contribution in [3.8, 4) is 0 Å². The van der Waals surface area contributed by atoms with Crippen LogP contribution >= 0.6 is 15.9 Å². The van der Waals surface area contributed by atoms with Gasteiger partial charge in [-0.05, 0) is 63.2 Å².